The van der Waals surface area contributed by atoms with E-state index in [4.69, 9.17) is 0 Å². The van der Waals surface area contributed by atoms with E-state index in [1.807, 2.05) is 0 Å². The zero-order valence-electron chi connectivity index (χ0n) is 12.8. The molecule has 1 N–H and O–H groups in total. The molecule has 0 aliphatic rings. The molecule has 0 saturated carbocycles. The summed E-state index contributed by atoms with van der Waals surface area (Å²) in [4.78, 5) is 0. The van der Waals surface area contributed by atoms with Crippen molar-refractivity contribution in [2.45, 2.75) is 71.3 Å². The average Bonchev–Trinajstić information content (AvgIpc) is 2.46. The maximum Gasteiger partial charge on any atom is 0.0320 e. The van der Waals surface area contributed by atoms with Crippen molar-refractivity contribution >= 4 is 0 Å². The summed E-state index contributed by atoms with van der Waals surface area (Å²) in [5, 5.41) is 3.61. The van der Waals surface area contributed by atoms with Crippen LogP contribution in [0.4, 0.5) is 0 Å². The van der Waals surface area contributed by atoms with Crippen LogP contribution in [0.3, 0.4) is 0 Å². The summed E-state index contributed by atoms with van der Waals surface area (Å²) >= 11 is 0. The van der Waals surface area contributed by atoms with Crippen molar-refractivity contribution in [3.63, 3.8) is 0 Å². The monoisotopic (exact) mass is 261 g/mol. The SMILES string of the molecule is CCCCCCCCCC(NCC)c1ccccc1. The fraction of sp³-hybridized carbons (Fsp3) is 0.667. The maximum atomic E-state index is 3.61. The summed E-state index contributed by atoms with van der Waals surface area (Å²) in [6.07, 6.45) is 11.0. The molecule has 0 saturated heterocycles. The van der Waals surface area contributed by atoms with Crippen LogP contribution in [-0.2, 0) is 0 Å². The molecular formula is C18H31N. The summed E-state index contributed by atoms with van der Waals surface area (Å²) in [7, 11) is 0. The highest BCUT2D eigenvalue weighted by Crippen LogP contribution is 2.20. The molecule has 0 aliphatic carbocycles. The van der Waals surface area contributed by atoms with Crippen molar-refractivity contribution in [2.24, 2.45) is 0 Å². The first-order valence-corrected chi connectivity index (χ1v) is 8.16. The third-order valence-electron chi connectivity index (χ3n) is 3.75. The minimum absolute atomic E-state index is 0.543. The molecule has 0 fully saturated rings. The number of hydrogen-bond donors (Lipinski definition) is 1. The lowest BCUT2D eigenvalue weighted by atomic mass is 9.99. The van der Waals surface area contributed by atoms with E-state index >= 15 is 0 Å². The topological polar surface area (TPSA) is 12.0 Å². The standard InChI is InChI=1S/C18H31N/c1-3-5-6-7-8-9-13-16-18(19-4-2)17-14-11-10-12-15-17/h10-12,14-15,18-19H,3-9,13,16H2,1-2H3. The molecular weight excluding hydrogens is 230 g/mol. The van der Waals surface area contributed by atoms with Crippen molar-refractivity contribution in [3.8, 4) is 0 Å². The van der Waals surface area contributed by atoms with E-state index in [-0.39, 0.29) is 0 Å². The van der Waals surface area contributed by atoms with Crippen LogP contribution in [0.25, 0.3) is 0 Å². The Labute approximate surface area is 119 Å². The summed E-state index contributed by atoms with van der Waals surface area (Å²) in [5.41, 5.74) is 1.44. The van der Waals surface area contributed by atoms with Crippen molar-refractivity contribution in [1.82, 2.24) is 5.32 Å². The Morgan fingerprint density at radius 2 is 1.47 bits per heavy atom. The Hall–Kier alpha value is -0.820. The van der Waals surface area contributed by atoms with Crippen LogP contribution in [-0.4, -0.2) is 6.54 Å². The minimum Gasteiger partial charge on any atom is -0.310 e. The normalized spacial score (nSPS) is 12.5. The van der Waals surface area contributed by atoms with E-state index in [9.17, 15) is 0 Å². The van der Waals surface area contributed by atoms with Crippen LogP contribution in [0.2, 0.25) is 0 Å². The fourth-order valence-corrected chi connectivity index (χ4v) is 2.62. The van der Waals surface area contributed by atoms with Gasteiger partial charge in [-0.3, -0.25) is 0 Å². The molecule has 0 aliphatic heterocycles. The number of unbranched alkanes of at least 4 members (excludes halogenated alkanes) is 6. The molecule has 1 heteroatoms. The summed E-state index contributed by atoms with van der Waals surface area (Å²) < 4.78 is 0. The highest BCUT2D eigenvalue weighted by atomic mass is 14.9. The third kappa shape index (κ3) is 7.37. The van der Waals surface area contributed by atoms with Gasteiger partial charge in [-0.25, -0.2) is 0 Å². The molecule has 1 aromatic carbocycles. The van der Waals surface area contributed by atoms with Gasteiger partial charge in [0.1, 0.15) is 0 Å². The van der Waals surface area contributed by atoms with Gasteiger partial charge in [-0.1, -0.05) is 89.1 Å². The van der Waals surface area contributed by atoms with Gasteiger partial charge in [0.2, 0.25) is 0 Å². The molecule has 1 nitrogen and oxygen atoms in total. The second kappa shape index (κ2) is 11.0. The zero-order valence-corrected chi connectivity index (χ0v) is 12.8. The molecule has 1 atom stereocenters. The van der Waals surface area contributed by atoms with Gasteiger partial charge in [-0.15, -0.1) is 0 Å². The Balaban J connectivity index is 2.20. The summed E-state index contributed by atoms with van der Waals surface area (Å²) in [6, 6.07) is 11.4. The van der Waals surface area contributed by atoms with E-state index in [1.54, 1.807) is 0 Å². The highest BCUT2D eigenvalue weighted by Gasteiger charge is 2.08. The lowest BCUT2D eigenvalue weighted by Gasteiger charge is -2.18. The molecule has 0 amide bonds. The van der Waals surface area contributed by atoms with E-state index < -0.39 is 0 Å². The van der Waals surface area contributed by atoms with E-state index in [2.05, 4.69) is 49.5 Å². The first-order chi connectivity index (χ1) is 9.38. The van der Waals surface area contributed by atoms with Crippen molar-refractivity contribution < 1.29 is 0 Å². The first kappa shape index (κ1) is 16.2. The van der Waals surface area contributed by atoms with Crippen molar-refractivity contribution in [3.05, 3.63) is 35.9 Å². The van der Waals surface area contributed by atoms with Crippen LogP contribution in [0, 0.1) is 0 Å². The third-order valence-corrected chi connectivity index (χ3v) is 3.75. The smallest absolute Gasteiger partial charge is 0.0320 e. The molecule has 19 heavy (non-hydrogen) atoms. The van der Waals surface area contributed by atoms with E-state index in [0.717, 1.165) is 6.54 Å². The van der Waals surface area contributed by atoms with Gasteiger partial charge >= 0.3 is 0 Å². The molecule has 0 radical (unpaired) electrons. The van der Waals surface area contributed by atoms with E-state index in [1.165, 1.54) is 56.9 Å². The lowest BCUT2D eigenvalue weighted by molar-refractivity contribution is 0.476. The molecule has 0 bridgehead atoms. The lowest BCUT2D eigenvalue weighted by Crippen LogP contribution is -2.20. The predicted octanol–water partition coefficient (Wildman–Crippen LogP) is 5.48. The van der Waals surface area contributed by atoms with Crippen LogP contribution in [0.1, 0.15) is 76.8 Å². The van der Waals surface area contributed by atoms with Crippen LogP contribution < -0.4 is 5.32 Å². The van der Waals surface area contributed by atoms with Crippen LogP contribution in [0.15, 0.2) is 30.3 Å². The number of nitrogens with one attached hydrogen (secondary N) is 1. The number of hydrogen-bond acceptors (Lipinski definition) is 1. The molecule has 0 aromatic heterocycles. The molecule has 0 heterocycles. The van der Waals surface area contributed by atoms with Crippen LogP contribution in [0.5, 0.6) is 0 Å². The van der Waals surface area contributed by atoms with Gasteiger partial charge in [0.25, 0.3) is 0 Å². The molecule has 108 valence electrons. The molecule has 0 spiro atoms. The highest BCUT2D eigenvalue weighted by molar-refractivity contribution is 5.18. The fourth-order valence-electron chi connectivity index (χ4n) is 2.62. The van der Waals surface area contributed by atoms with Gasteiger partial charge in [0.05, 0.1) is 0 Å². The maximum absolute atomic E-state index is 3.61. The Morgan fingerprint density at radius 1 is 0.842 bits per heavy atom. The van der Waals surface area contributed by atoms with Gasteiger partial charge in [-0.2, -0.15) is 0 Å². The second-order valence-corrected chi connectivity index (χ2v) is 5.43. The van der Waals surface area contributed by atoms with Crippen molar-refractivity contribution in [1.29, 1.82) is 0 Å². The summed E-state index contributed by atoms with van der Waals surface area (Å²) in [5.74, 6) is 0. The predicted molar refractivity (Wildman–Crippen MR) is 85.5 cm³/mol. The zero-order chi connectivity index (χ0) is 13.8. The van der Waals surface area contributed by atoms with Gasteiger partial charge in [-0.05, 0) is 18.5 Å². The van der Waals surface area contributed by atoms with Gasteiger partial charge in [0.15, 0.2) is 0 Å². The van der Waals surface area contributed by atoms with Crippen molar-refractivity contribution in [2.75, 3.05) is 6.54 Å². The molecule has 1 rings (SSSR count). The van der Waals surface area contributed by atoms with E-state index in [0.29, 0.717) is 6.04 Å². The Kier molecular flexibility index (Phi) is 9.44. The van der Waals surface area contributed by atoms with Gasteiger partial charge < -0.3 is 5.32 Å². The number of rotatable bonds is 11. The number of benzene rings is 1. The molecule has 1 aromatic rings. The summed E-state index contributed by atoms with van der Waals surface area (Å²) in [6.45, 7) is 5.53. The Morgan fingerprint density at radius 3 is 2.11 bits per heavy atom. The van der Waals surface area contributed by atoms with Gasteiger partial charge in [0, 0.05) is 6.04 Å². The molecule has 1 unspecified atom stereocenters. The first-order valence-electron chi connectivity index (χ1n) is 8.16. The minimum atomic E-state index is 0.543. The van der Waals surface area contributed by atoms with Crippen LogP contribution >= 0.6 is 0 Å². The largest absolute Gasteiger partial charge is 0.310 e. The Bertz CT molecular complexity index is 294. The quantitative estimate of drug-likeness (QED) is 0.520. The second-order valence-electron chi connectivity index (χ2n) is 5.43. The average molecular weight is 261 g/mol.